The van der Waals surface area contributed by atoms with Gasteiger partial charge in [-0.3, -0.25) is 15.1 Å². The standard InChI is InChI=1S/C19H18N4O5S/c1-4-9-20-19-22(21-11-14-6-8-18(28-14)23(24)25)16(12-29-19)15-7-5-13(26-2)10-17(15)27-3/h4-8,10-12H,1,9H2,2-3H3. The minimum absolute atomic E-state index is 0.248. The monoisotopic (exact) mass is 414 g/mol. The molecule has 0 saturated heterocycles. The van der Waals surface area contributed by atoms with Gasteiger partial charge in [-0.15, -0.1) is 17.9 Å². The van der Waals surface area contributed by atoms with Crippen LogP contribution in [0.3, 0.4) is 0 Å². The Bertz CT molecular complexity index is 1130. The summed E-state index contributed by atoms with van der Waals surface area (Å²) in [5.41, 5.74) is 1.52. The predicted octanol–water partition coefficient (Wildman–Crippen LogP) is 3.70. The average Bonchev–Trinajstić information content (AvgIpc) is 3.37. The summed E-state index contributed by atoms with van der Waals surface area (Å²) < 4.78 is 17.5. The molecule has 0 aliphatic heterocycles. The molecular formula is C19H18N4O5S. The molecule has 0 saturated carbocycles. The summed E-state index contributed by atoms with van der Waals surface area (Å²) in [4.78, 5) is 15.3. The number of hydrogen-bond acceptors (Lipinski definition) is 8. The van der Waals surface area contributed by atoms with Crippen molar-refractivity contribution in [2.45, 2.75) is 0 Å². The van der Waals surface area contributed by atoms with Crippen molar-refractivity contribution in [3.8, 4) is 22.8 Å². The third kappa shape index (κ3) is 4.43. The van der Waals surface area contributed by atoms with Gasteiger partial charge in [0.05, 0.1) is 38.7 Å². The molecule has 150 valence electrons. The zero-order valence-corrected chi connectivity index (χ0v) is 16.6. The molecule has 0 N–H and O–H groups in total. The van der Waals surface area contributed by atoms with Crippen molar-refractivity contribution in [1.82, 2.24) is 4.68 Å². The molecule has 29 heavy (non-hydrogen) atoms. The first kappa shape index (κ1) is 20.1. The fourth-order valence-electron chi connectivity index (χ4n) is 2.48. The second kappa shape index (κ2) is 9.02. The quantitative estimate of drug-likeness (QED) is 0.242. The van der Waals surface area contributed by atoms with Gasteiger partial charge in [0.15, 0.2) is 5.76 Å². The number of ether oxygens (including phenoxy) is 2. The highest BCUT2D eigenvalue weighted by molar-refractivity contribution is 7.07. The Morgan fingerprint density at radius 1 is 1.31 bits per heavy atom. The summed E-state index contributed by atoms with van der Waals surface area (Å²) in [6.45, 7) is 4.10. The molecule has 9 nitrogen and oxygen atoms in total. The maximum absolute atomic E-state index is 10.8. The van der Waals surface area contributed by atoms with Gasteiger partial charge in [0, 0.05) is 17.0 Å². The molecule has 0 radical (unpaired) electrons. The van der Waals surface area contributed by atoms with Gasteiger partial charge >= 0.3 is 5.88 Å². The Kier molecular flexibility index (Phi) is 6.25. The van der Waals surface area contributed by atoms with Crippen LogP contribution in [0.5, 0.6) is 11.5 Å². The smallest absolute Gasteiger partial charge is 0.433 e. The van der Waals surface area contributed by atoms with Crippen LogP contribution in [0.25, 0.3) is 11.3 Å². The molecule has 0 aliphatic carbocycles. The minimum Gasteiger partial charge on any atom is -0.497 e. The van der Waals surface area contributed by atoms with E-state index < -0.39 is 4.92 Å². The molecule has 0 amide bonds. The highest BCUT2D eigenvalue weighted by atomic mass is 32.1. The lowest BCUT2D eigenvalue weighted by Gasteiger charge is -2.10. The van der Waals surface area contributed by atoms with Crippen LogP contribution in [0.15, 0.2) is 62.9 Å². The highest BCUT2D eigenvalue weighted by Gasteiger charge is 2.14. The number of thiazole rings is 1. The van der Waals surface area contributed by atoms with Crippen LogP contribution in [-0.4, -0.2) is 36.6 Å². The lowest BCUT2D eigenvalue weighted by Crippen LogP contribution is -2.12. The van der Waals surface area contributed by atoms with E-state index in [4.69, 9.17) is 13.9 Å². The van der Waals surface area contributed by atoms with Crippen molar-refractivity contribution >= 4 is 23.4 Å². The van der Waals surface area contributed by atoms with E-state index >= 15 is 0 Å². The Balaban J connectivity index is 2.09. The Morgan fingerprint density at radius 3 is 2.79 bits per heavy atom. The first-order valence-corrected chi connectivity index (χ1v) is 9.28. The average molecular weight is 414 g/mol. The van der Waals surface area contributed by atoms with Gasteiger partial charge in [0.1, 0.15) is 16.4 Å². The molecule has 2 aromatic heterocycles. The number of nitro groups is 1. The van der Waals surface area contributed by atoms with Crippen LogP contribution < -0.4 is 14.3 Å². The van der Waals surface area contributed by atoms with E-state index in [1.807, 2.05) is 17.5 Å². The predicted molar refractivity (Wildman–Crippen MR) is 110 cm³/mol. The summed E-state index contributed by atoms with van der Waals surface area (Å²) in [5.74, 6) is 1.17. The Morgan fingerprint density at radius 2 is 2.14 bits per heavy atom. The third-order valence-corrected chi connectivity index (χ3v) is 4.67. The third-order valence-electron chi connectivity index (χ3n) is 3.82. The zero-order valence-electron chi connectivity index (χ0n) is 15.8. The van der Waals surface area contributed by atoms with Crippen molar-refractivity contribution in [3.63, 3.8) is 0 Å². The second-order valence-corrected chi connectivity index (χ2v) is 6.43. The summed E-state index contributed by atoms with van der Waals surface area (Å²) in [6.07, 6.45) is 3.07. The molecule has 1 aromatic carbocycles. The Hall–Kier alpha value is -3.66. The number of furan rings is 1. The summed E-state index contributed by atoms with van der Waals surface area (Å²) >= 11 is 1.39. The number of rotatable bonds is 8. The maximum Gasteiger partial charge on any atom is 0.433 e. The van der Waals surface area contributed by atoms with Crippen LogP contribution in [0.2, 0.25) is 0 Å². The fourth-order valence-corrected chi connectivity index (χ4v) is 3.32. The van der Waals surface area contributed by atoms with Gasteiger partial charge in [-0.25, -0.2) is 4.68 Å². The van der Waals surface area contributed by atoms with Crippen molar-refractivity contribution in [3.05, 3.63) is 69.0 Å². The number of methoxy groups -OCH3 is 2. The van der Waals surface area contributed by atoms with E-state index in [9.17, 15) is 10.1 Å². The highest BCUT2D eigenvalue weighted by Crippen LogP contribution is 2.33. The number of nitrogens with zero attached hydrogens (tertiary/aromatic N) is 4. The molecule has 0 atom stereocenters. The first-order valence-electron chi connectivity index (χ1n) is 8.40. The Labute approximate surface area is 170 Å². The summed E-state index contributed by atoms with van der Waals surface area (Å²) in [6, 6.07) is 8.21. The molecule has 3 aromatic rings. The summed E-state index contributed by atoms with van der Waals surface area (Å²) in [5, 5.41) is 17.1. The van der Waals surface area contributed by atoms with E-state index in [1.54, 1.807) is 31.0 Å². The molecule has 0 bridgehead atoms. The first-order chi connectivity index (χ1) is 14.1. The van der Waals surface area contributed by atoms with Gasteiger partial charge in [-0.05, 0) is 18.2 Å². The molecule has 0 aliphatic rings. The van der Waals surface area contributed by atoms with Gasteiger partial charge in [0.2, 0.25) is 4.80 Å². The number of hydrogen-bond donors (Lipinski definition) is 0. The minimum atomic E-state index is -0.604. The SMILES string of the molecule is C=CCN=c1scc(-c2ccc(OC)cc2OC)n1N=Cc1ccc([N+](=O)[O-])o1. The van der Waals surface area contributed by atoms with Crippen LogP contribution in [-0.2, 0) is 0 Å². The van der Waals surface area contributed by atoms with E-state index in [1.165, 1.54) is 29.7 Å². The van der Waals surface area contributed by atoms with Crippen LogP contribution >= 0.6 is 11.3 Å². The summed E-state index contributed by atoms with van der Waals surface area (Å²) in [7, 11) is 3.15. The number of aromatic nitrogens is 1. The van der Waals surface area contributed by atoms with Crippen LogP contribution in [0, 0.1) is 10.1 Å². The van der Waals surface area contributed by atoms with Crippen molar-refractivity contribution in [2.75, 3.05) is 20.8 Å². The molecule has 0 unspecified atom stereocenters. The van der Waals surface area contributed by atoms with Gasteiger partial charge in [-0.2, -0.15) is 5.10 Å². The molecule has 10 heteroatoms. The second-order valence-electron chi connectivity index (χ2n) is 5.59. The van der Waals surface area contributed by atoms with Crippen molar-refractivity contribution < 1.29 is 18.8 Å². The normalized spacial score (nSPS) is 11.7. The van der Waals surface area contributed by atoms with E-state index in [0.29, 0.717) is 22.8 Å². The van der Waals surface area contributed by atoms with E-state index in [0.717, 1.165) is 11.3 Å². The molecule has 0 fully saturated rings. The topological polar surface area (TPSA) is 104 Å². The molecule has 3 rings (SSSR count). The molecule has 0 spiro atoms. The zero-order chi connectivity index (χ0) is 20.8. The van der Waals surface area contributed by atoms with Gasteiger partial charge in [-0.1, -0.05) is 6.08 Å². The van der Waals surface area contributed by atoms with Crippen LogP contribution in [0.4, 0.5) is 5.88 Å². The maximum atomic E-state index is 10.8. The fraction of sp³-hybridized carbons (Fsp3) is 0.158. The van der Waals surface area contributed by atoms with Crippen molar-refractivity contribution in [1.29, 1.82) is 0 Å². The van der Waals surface area contributed by atoms with Crippen LogP contribution in [0.1, 0.15) is 5.76 Å². The number of benzene rings is 1. The lowest BCUT2D eigenvalue weighted by atomic mass is 10.1. The van der Waals surface area contributed by atoms with E-state index in [2.05, 4.69) is 16.7 Å². The lowest BCUT2D eigenvalue weighted by molar-refractivity contribution is -0.402. The molecular weight excluding hydrogens is 396 g/mol. The van der Waals surface area contributed by atoms with Gasteiger partial charge < -0.3 is 13.9 Å². The molecule has 2 heterocycles. The van der Waals surface area contributed by atoms with E-state index in [-0.39, 0.29) is 11.6 Å². The largest absolute Gasteiger partial charge is 0.497 e. The van der Waals surface area contributed by atoms with Crippen molar-refractivity contribution in [2.24, 2.45) is 10.1 Å². The van der Waals surface area contributed by atoms with Gasteiger partial charge in [0.25, 0.3) is 0 Å².